The van der Waals surface area contributed by atoms with Crippen molar-refractivity contribution in [3.05, 3.63) is 29.8 Å². The van der Waals surface area contributed by atoms with E-state index in [0.29, 0.717) is 0 Å². The van der Waals surface area contributed by atoms with Crippen LogP contribution in [0, 0.1) is 0 Å². The van der Waals surface area contributed by atoms with E-state index in [9.17, 15) is 27.1 Å². The number of aliphatic hydroxyl groups is 1. The van der Waals surface area contributed by atoms with Crippen molar-refractivity contribution >= 4 is 15.8 Å². The van der Waals surface area contributed by atoms with Crippen molar-refractivity contribution in [2.75, 3.05) is 12.4 Å². The molecule has 0 spiro atoms. The Morgan fingerprint density at radius 3 is 2.67 bits per heavy atom. The SMILES string of the molecule is CCOC(=O)C(F)(F)C1(O)CCS(=O)(=O)c2ccccc21. The first-order valence-corrected chi connectivity index (χ1v) is 7.91. The lowest BCUT2D eigenvalue weighted by atomic mass is 9.84. The minimum atomic E-state index is -4.24. The summed E-state index contributed by atoms with van der Waals surface area (Å²) in [7, 11) is -3.76. The van der Waals surface area contributed by atoms with E-state index >= 15 is 0 Å². The quantitative estimate of drug-likeness (QED) is 0.848. The van der Waals surface area contributed by atoms with Crippen LogP contribution in [0.2, 0.25) is 0 Å². The predicted octanol–water partition coefficient (Wildman–Crippen LogP) is 1.25. The second kappa shape index (κ2) is 5.03. The number of esters is 1. The monoisotopic (exact) mass is 320 g/mol. The first-order chi connectivity index (χ1) is 9.67. The normalized spacial score (nSPS) is 24.2. The van der Waals surface area contributed by atoms with Gasteiger partial charge in [-0.1, -0.05) is 18.2 Å². The lowest BCUT2D eigenvalue weighted by Gasteiger charge is -2.38. The van der Waals surface area contributed by atoms with Crippen LogP contribution in [0.25, 0.3) is 0 Å². The molecule has 8 heteroatoms. The van der Waals surface area contributed by atoms with Crippen LogP contribution in [0.1, 0.15) is 18.9 Å². The summed E-state index contributed by atoms with van der Waals surface area (Å²) >= 11 is 0. The minimum Gasteiger partial charge on any atom is -0.461 e. The molecular formula is C13H14F2O5S. The van der Waals surface area contributed by atoms with E-state index in [0.717, 1.165) is 12.1 Å². The van der Waals surface area contributed by atoms with Gasteiger partial charge in [-0.2, -0.15) is 8.78 Å². The maximum absolute atomic E-state index is 14.3. The highest BCUT2D eigenvalue weighted by atomic mass is 32.2. The van der Waals surface area contributed by atoms with Gasteiger partial charge in [0.2, 0.25) is 0 Å². The van der Waals surface area contributed by atoms with E-state index in [4.69, 9.17) is 0 Å². The fourth-order valence-corrected chi connectivity index (χ4v) is 3.96. The molecule has 1 unspecified atom stereocenters. The molecule has 1 atom stereocenters. The summed E-state index contributed by atoms with van der Waals surface area (Å²) in [5.74, 6) is -6.79. The molecule has 0 amide bonds. The van der Waals surface area contributed by atoms with Gasteiger partial charge in [0.25, 0.3) is 0 Å². The highest BCUT2D eigenvalue weighted by Crippen LogP contribution is 2.47. The van der Waals surface area contributed by atoms with E-state index in [2.05, 4.69) is 4.74 Å². The summed E-state index contributed by atoms with van der Waals surface area (Å²) in [5, 5.41) is 10.4. The zero-order valence-electron chi connectivity index (χ0n) is 11.2. The number of benzene rings is 1. The summed E-state index contributed by atoms with van der Waals surface area (Å²) in [4.78, 5) is 11.1. The molecule has 1 aliphatic rings. The molecule has 0 aromatic heterocycles. The minimum absolute atomic E-state index is 0.273. The molecule has 0 bridgehead atoms. The van der Waals surface area contributed by atoms with Crippen molar-refractivity contribution in [3.8, 4) is 0 Å². The van der Waals surface area contributed by atoms with E-state index in [1.54, 1.807) is 0 Å². The highest BCUT2D eigenvalue weighted by molar-refractivity contribution is 7.91. The predicted molar refractivity (Wildman–Crippen MR) is 68.6 cm³/mol. The molecule has 0 saturated carbocycles. The molecule has 0 aliphatic carbocycles. The van der Waals surface area contributed by atoms with Gasteiger partial charge in [0.1, 0.15) is 0 Å². The molecule has 0 saturated heterocycles. The number of sulfone groups is 1. The summed E-state index contributed by atoms with van der Waals surface area (Å²) in [6.07, 6.45) is -0.780. The summed E-state index contributed by atoms with van der Waals surface area (Å²) in [6.45, 7) is 1.09. The second-order valence-electron chi connectivity index (χ2n) is 4.72. The number of carbonyl (C=O) groups excluding carboxylic acids is 1. The second-order valence-corrected chi connectivity index (χ2v) is 6.80. The van der Waals surface area contributed by atoms with Gasteiger partial charge in [0, 0.05) is 12.0 Å². The molecule has 21 heavy (non-hydrogen) atoms. The maximum Gasteiger partial charge on any atom is 0.380 e. The third-order valence-corrected chi connectivity index (χ3v) is 5.22. The first kappa shape index (κ1) is 15.8. The number of rotatable bonds is 3. The van der Waals surface area contributed by atoms with Gasteiger partial charge in [-0.25, -0.2) is 13.2 Å². The Labute approximate surface area is 120 Å². The fraction of sp³-hybridized carbons (Fsp3) is 0.462. The number of alkyl halides is 2. The van der Waals surface area contributed by atoms with Crippen LogP contribution in [0.4, 0.5) is 8.78 Å². The van der Waals surface area contributed by atoms with E-state index in [1.807, 2.05) is 0 Å². The van der Waals surface area contributed by atoms with Gasteiger partial charge in [-0.3, -0.25) is 0 Å². The van der Waals surface area contributed by atoms with Crippen molar-refractivity contribution in [3.63, 3.8) is 0 Å². The Balaban J connectivity index is 2.61. The largest absolute Gasteiger partial charge is 0.461 e. The van der Waals surface area contributed by atoms with E-state index < -0.39 is 45.1 Å². The van der Waals surface area contributed by atoms with Crippen molar-refractivity contribution in [1.29, 1.82) is 0 Å². The van der Waals surface area contributed by atoms with Crippen LogP contribution in [0.5, 0.6) is 0 Å². The smallest absolute Gasteiger partial charge is 0.380 e. The zero-order chi connectivity index (χ0) is 15.9. The van der Waals surface area contributed by atoms with Crippen LogP contribution in [-0.4, -0.2) is 37.8 Å². The average Bonchev–Trinajstić information content (AvgIpc) is 2.44. The fourth-order valence-electron chi connectivity index (χ4n) is 2.32. The van der Waals surface area contributed by atoms with Gasteiger partial charge in [0.15, 0.2) is 15.4 Å². The summed E-state index contributed by atoms with van der Waals surface area (Å²) in [6, 6.07) is 4.91. The van der Waals surface area contributed by atoms with Gasteiger partial charge < -0.3 is 9.84 Å². The molecule has 5 nitrogen and oxygen atoms in total. The Hall–Kier alpha value is -1.54. The van der Waals surface area contributed by atoms with Crippen LogP contribution in [-0.2, 0) is 25.0 Å². The number of hydrogen-bond donors (Lipinski definition) is 1. The molecule has 116 valence electrons. The van der Waals surface area contributed by atoms with Crippen LogP contribution in [0.3, 0.4) is 0 Å². The maximum atomic E-state index is 14.3. The highest BCUT2D eigenvalue weighted by Gasteiger charge is 2.63. The Kier molecular flexibility index (Phi) is 3.79. The first-order valence-electron chi connectivity index (χ1n) is 6.26. The number of fused-ring (bicyclic) bond motifs is 1. The summed E-state index contributed by atoms with van der Waals surface area (Å²) < 4.78 is 56.7. The van der Waals surface area contributed by atoms with Gasteiger partial charge in [0.05, 0.1) is 17.3 Å². The molecule has 1 N–H and O–H groups in total. The topological polar surface area (TPSA) is 80.7 Å². The molecule has 1 aliphatic heterocycles. The van der Waals surface area contributed by atoms with Crippen LogP contribution >= 0.6 is 0 Å². The van der Waals surface area contributed by atoms with E-state index in [-0.39, 0.29) is 11.5 Å². The number of hydrogen-bond acceptors (Lipinski definition) is 5. The molecular weight excluding hydrogens is 306 g/mol. The lowest BCUT2D eigenvalue weighted by molar-refractivity contribution is -0.219. The van der Waals surface area contributed by atoms with Crippen molar-refractivity contribution in [1.82, 2.24) is 0 Å². The zero-order valence-corrected chi connectivity index (χ0v) is 12.0. The van der Waals surface area contributed by atoms with Gasteiger partial charge in [-0.05, 0) is 13.0 Å². The third kappa shape index (κ3) is 2.32. The lowest BCUT2D eigenvalue weighted by Crippen LogP contribution is -2.54. The van der Waals surface area contributed by atoms with Crippen molar-refractivity contribution < 1.29 is 31.8 Å². The molecule has 1 aromatic rings. The Morgan fingerprint density at radius 2 is 2.05 bits per heavy atom. The molecule has 2 rings (SSSR count). The van der Waals surface area contributed by atoms with Crippen LogP contribution < -0.4 is 0 Å². The Morgan fingerprint density at radius 1 is 1.43 bits per heavy atom. The van der Waals surface area contributed by atoms with Crippen molar-refractivity contribution in [2.45, 2.75) is 29.8 Å². The molecule has 1 aromatic carbocycles. The van der Waals surface area contributed by atoms with Crippen LogP contribution in [0.15, 0.2) is 29.2 Å². The number of halogens is 2. The van der Waals surface area contributed by atoms with Crippen molar-refractivity contribution in [2.24, 2.45) is 0 Å². The number of ether oxygens (including phenoxy) is 1. The van der Waals surface area contributed by atoms with Gasteiger partial charge in [-0.15, -0.1) is 0 Å². The average molecular weight is 320 g/mol. The molecule has 0 fully saturated rings. The standard InChI is InChI=1S/C13H14F2O5S/c1-2-20-11(16)13(14,15)12(17)7-8-21(18,19)10-6-4-3-5-9(10)12/h3-6,17H,2,7-8H2,1H3. The molecule has 0 radical (unpaired) electrons. The third-order valence-electron chi connectivity index (χ3n) is 3.45. The molecule has 1 heterocycles. The summed E-state index contributed by atoms with van der Waals surface area (Å²) in [5.41, 5.74) is -3.38. The van der Waals surface area contributed by atoms with Gasteiger partial charge >= 0.3 is 11.9 Å². The number of carbonyl (C=O) groups is 1. The Bertz CT molecular complexity index is 671. The van der Waals surface area contributed by atoms with E-state index in [1.165, 1.54) is 19.1 Å².